The van der Waals surface area contributed by atoms with Crippen LogP contribution in [0.4, 0.5) is 22.0 Å². The van der Waals surface area contributed by atoms with E-state index in [9.17, 15) is 22.0 Å². The lowest BCUT2D eigenvalue weighted by Crippen LogP contribution is -2.30. The van der Waals surface area contributed by atoms with Crippen molar-refractivity contribution in [3.8, 4) is 12.3 Å². The Balaban J connectivity index is 3.35. The molecule has 1 aromatic carbocycles. The Bertz CT molecular complexity index is 466. The van der Waals surface area contributed by atoms with Crippen LogP contribution >= 0.6 is 0 Å². The lowest BCUT2D eigenvalue weighted by atomic mass is 10.0. The monoisotopic (exact) mass is 264 g/mol. The molecule has 98 valence electrons. The molecular formula is C11H9F5N2. The number of hydrogen-bond donors (Lipinski definition) is 2. The van der Waals surface area contributed by atoms with Gasteiger partial charge in [-0.15, -0.1) is 12.3 Å². The van der Waals surface area contributed by atoms with E-state index in [0.29, 0.717) is 0 Å². The van der Waals surface area contributed by atoms with E-state index in [2.05, 4.69) is 5.92 Å². The van der Waals surface area contributed by atoms with E-state index in [1.807, 2.05) is 5.43 Å². The molecule has 0 spiro atoms. The lowest BCUT2D eigenvalue weighted by molar-refractivity contribution is 0.353. The maximum Gasteiger partial charge on any atom is 0.200 e. The molecule has 0 heterocycles. The first-order valence-electron chi connectivity index (χ1n) is 4.86. The standard InChI is InChI=1S/C11H9F5N2/c1-2-3-4-5(18-17)6-7(12)9(14)11(16)10(15)8(6)13/h1,5,18H,3-4,17H2. The average Bonchev–Trinajstić information content (AvgIpc) is 2.38. The summed E-state index contributed by atoms with van der Waals surface area (Å²) in [4.78, 5) is 0. The Morgan fingerprint density at radius 1 is 1.00 bits per heavy atom. The highest BCUT2D eigenvalue weighted by Gasteiger charge is 2.29. The Kier molecular flexibility index (Phi) is 4.64. The Labute approximate surface area is 99.9 Å². The minimum atomic E-state index is -2.21. The molecule has 0 saturated carbocycles. The predicted octanol–water partition coefficient (Wildman–Crippen LogP) is 2.30. The first kappa shape index (κ1) is 14.4. The second-order valence-corrected chi connectivity index (χ2v) is 3.45. The molecule has 0 saturated heterocycles. The van der Waals surface area contributed by atoms with E-state index >= 15 is 0 Å². The normalized spacial score (nSPS) is 12.3. The second kappa shape index (κ2) is 5.80. The van der Waals surface area contributed by atoms with E-state index < -0.39 is 40.7 Å². The number of rotatable bonds is 4. The fraction of sp³-hybridized carbons (Fsp3) is 0.273. The SMILES string of the molecule is C#CCCC(NN)c1c(F)c(F)c(F)c(F)c1F. The van der Waals surface area contributed by atoms with Crippen molar-refractivity contribution in [2.24, 2.45) is 5.84 Å². The Morgan fingerprint density at radius 2 is 1.44 bits per heavy atom. The van der Waals surface area contributed by atoms with Crippen LogP contribution in [-0.2, 0) is 0 Å². The van der Waals surface area contributed by atoms with Crippen LogP contribution in [0.3, 0.4) is 0 Å². The van der Waals surface area contributed by atoms with Crippen LogP contribution in [0.15, 0.2) is 0 Å². The van der Waals surface area contributed by atoms with E-state index in [1.165, 1.54) is 0 Å². The zero-order valence-electron chi connectivity index (χ0n) is 9.04. The molecule has 1 rings (SSSR count). The summed E-state index contributed by atoms with van der Waals surface area (Å²) >= 11 is 0. The fourth-order valence-corrected chi connectivity index (χ4v) is 1.47. The average molecular weight is 264 g/mol. The van der Waals surface area contributed by atoms with Gasteiger partial charge in [-0.05, 0) is 6.42 Å². The van der Waals surface area contributed by atoms with E-state index in [0.717, 1.165) is 0 Å². The number of hydrazine groups is 1. The van der Waals surface area contributed by atoms with Crippen molar-refractivity contribution in [1.29, 1.82) is 0 Å². The number of halogens is 5. The van der Waals surface area contributed by atoms with Crippen LogP contribution < -0.4 is 11.3 Å². The van der Waals surface area contributed by atoms with E-state index in [-0.39, 0.29) is 12.8 Å². The Morgan fingerprint density at radius 3 is 1.83 bits per heavy atom. The highest BCUT2D eigenvalue weighted by atomic mass is 19.2. The molecule has 0 aliphatic rings. The van der Waals surface area contributed by atoms with Gasteiger partial charge in [0, 0.05) is 12.0 Å². The molecule has 18 heavy (non-hydrogen) atoms. The summed E-state index contributed by atoms with van der Waals surface area (Å²) in [6.45, 7) is 0. The molecule has 0 aliphatic carbocycles. The zero-order chi connectivity index (χ0) is 13.9. The maximum atomic E-state index is 13.4. The van der Waals surface area contributed by atoms with Gasteiger partial charge in [0.1, 0.15) is 0 Å². The van der Waals surface area contributed by atoms with Gasteiger partial charge >= 0.3 is 0 Å². The largest absolute Gasteiger partial charge is 0.271 e. The van der Waals surface area contributed by atoms with Crippen molar-refractivity contribution in [1.82, 2.24) is 5.43 Å². The number of nitrogens with two attached hydrogens (primary N) is 1. The third-order valence-corrected chi connectivity index (χ3v) is 2.37. The summed E-state index contributed by atoms with van der Waals surface area (Å²) in [5.74, 6) is -2.84. The van der Waals surface area contributed by atoms with E-state index in [4.69, 9.17) is 12.3 Å². The predicted molar refractivity (Wildman–Crippen MR) is 54.4 cm³/mol. The van der Waals surface area contributed by atoms with Crippen LogP contribution in [0.2, 0.25) is 0 Å². The zero-order valence-corrected chi connectivity index (χ0v) is 9.04. The van der Waals surface area contributed by atoms with Crippen LogP contribution in [-0.4, -0.2) is 0 Å². The van der Waals surface area contributed by atoms with Gasteiger partial charge in [-0.1, -0.05) is 0 Å². The fourth-order valence-electron chi connectivity index (χ4n) is 1.47. The van der Waals surface area contributed by atoms with Crippen molar-refractivity contribution in [2.45, 2.75) is 18.9 Å². The first-order chi connectivity index (χ1) is 8.45. The van der Waals surface area contributed by atoms with Crippen LogP contribution in [0.5, 0.6) is 0 Å². The van der Waals surface area contributed by atoms with Crippen molar-refractivity contribution in [2.75, 3.05) is 0 Å². The second-order valence-electron chi connectivity index (χ2n) is 3.45. The van der Waals surface area contributed by atoms with Gasteiger partial charge in [0.05, 0.1) is 6.04 Å². The van der Waals surface area contributed by atoms with E-state index in [1.54, 1.807) is 0 Å². The molecule has 0 aromatic heterocycles. The molecular weight excluding hydrogens is 255 g/mol. The molecule has 3 N–H and O–H groups in total. The molecule has 2 nitrogen and oxygen atoms in total. The minimum Gasteiger partial charge on any atom is -0.271 e. The quantitative estimate of drug-likeness (QED) is 0.219. The summed E-state index contributed by atoms with van der Waals surface area (Å²) in [5, 5.41) is 0. The molecule has 0 amide bonds. The maximum absolute atomic E-state index is 13.4. The van der Waals surface area contributed by atoms with Gasteiger partial charge in [0.25, 0.3) is 0 Å². The minimum absolute atomic E-state index is 0.0639. The smallest absolute Gasteiger partial charge is 0.200 e. The molecule has 0 fully saturated rings. The highest BCUT2D eigenvalue weighted by molar-refractivity contribution is 5.27. The molecule has 0 radical (unpaired) electrons. The summed E-state index contributed by atoms with van der Waals surface area (Å²) in [5.41, 5.74) is 0.967. The van der Waals surface area contributed by atoms with Crippen LogP contribution in [0.25, 0.3) is 0 Å². The van der Waals surface area contributed by atoms with Gasteiger partial charge < -0.3 is 0 Å². The van der Waals surface area contributed by atoms with Crippen molar-refractivity contribution >= 4 is 0 Å². The number of nitrogens with one attached hydrogen (secondary N) is 1. The summed E-state index contributed by atoms with van der Waals surface area (Å²) in [7, 11) is 0. The number of terminal acetylenes is 1. The van der Waals surface area contributed by atoms with Gasteiger partial charge in [-0.25, -0.2) is 22.0 Å². The van der Waals surface area contributed by atoms with Crippen molar-refractivity contribution < 1.29 is 22.0 Å². The van der Waals surface area contributed by atoms with Crippen molar-refractivity contribution in [3.05, 3.63) is 34.6 Å². The van der Waals surface area contributed by atoms with Crippen molar-refractivity contribution in [3.63, 3.8) is 0 Å². The van der Waals surface area contributed by atoms with Gasteiger partial charge in [0.15, 0.2) is 23.3 Å². The summed E-state index contributed by atoms with van der Waals surface area (Å²) < 4.78 is 65.5. The number of benzene rings is 1. The number of hydrogen-bond acceptors (Lipinski definition) is 2. The van der Waals surface area contributed by atoms with Crippen LogP contribution in [0.1, 0.15) is 24.4 Å². The molecule has 1 atom stereocenters. The molecule has 0 bridgehead atoms. The molecule has 7 heteroatoms. The van der Waals surface area contributed by atoms with Gasteiger partial charge in [0.2, 0.25) is 5.82 Å². The van der Waals surface area contributed by atoms with Gasteiger partial charge in [-0.3, -0.25) is 11.3 Å². The topological polar surface area (TPSA) is 38.0 Å². The third-order valence-electron chi connectivity index (χ3n) is 2.37. The third kappa shape index (κ3) is 2.44. The molecule has 1 aromatic rings. The lowest BCUT2D eigenvalue weighted by Gasteiger charge is -2.17. The molecule has 0 aliphatic heterocycles. The summed E-state index contributed by atoms with van der Waals surface area (Å²) in [6.07, 6.45) is 4.96. The molecule has 1 unspecified atom stereocenters. The van der Waals surface area contributed by atoms with Gasteiger partial charge in [-0.2, -0.15) is 0 Å². The highest BCUT2D eigenvalue weighted by Crippen LogP contribution is 2.29. The van der Waals surface area contributed by atoms with Crippen LogP contribution in [0, 0.1) is 41.4 Å². The first-order valence-corrected chi connectivity index (χ1v) is 4.86. The summed E-state index contributed by atoms with van der Waals surface area (Å²) in [6, 6.07) is -1.26. The Hall–Kier alpha value is -1.65.